The van der Waals surface area contributed by atoms with Crippen LogP contribution >= 0.6 is 35.1 Å². The molecule has 0 saturated heterocycles. The molecule has 0 aliphatic rings. The molecule has 0 amide bonds. The summed E-state index contributed by atoms with van der Waals surface area (Å²) in [4.78, 5) is 21.7. The maximum absolute atomic E-state index is 12.9. The van der Waals surface area contributed by atoms with E-state index in [0.717, 1.165) is 22.2 Å². The molecular weight excluding hydrogens is 379 g/mol. The predicted molar refractivity (Wildman–Crippen MR) is 99.6 cm³/mol. The van der Waals surface area contributed by atoms with Gasteiger partial charge in [0.15, 0.2) is 5.16 Å². The van der Waals surface area contributed by atoms with Gasteiger partial charge in [0, 0.05) is 10.6 Å². The maximum atomic E-state index is 12.9. The van der Waals surface area contributed by atoms with Gasteiger partial charge in [-0.1, -0.05) is 53.7 Å². The Kier molecular flexibility index (Phi) is 6.07. The highest BCUT2D eigenvalue weighted by atomic mass is 35.5. The highest BCUT2D eigenvalue weighted by molar-refractivity contribution is 8.14. The Labute approximate surface area is 158 Å². The van der Waals surface area contributed by atoms with Gasteiger partial charge in [0.05, 0.1) is 11.2 Å². The first-order chi connectivity index (χ1) is 12.1. The molecule has 0 unspecified atom stereocenters. The minimum atomic E-state index is -0.276. The number of benzene rings is 2. The Morgan fingerprint density at radius 2 is 1.80 bits per heavy atom. The molecule has 0 saturated carbocycles. The Balaban J connectivity index is 1.71. The summed E-state index contributed by atoms with van der Waals surface area (Å²) in [6, 6.07) is 15.5. The van der Waals surface area contributed by atoms with E-state index in [1.165, 1.54) is 30.1 Å². The van der Waals surface area contributed by atoms with Gasteiger partial charge < -0.3 is 0 Å². The normalized spacial score (nSPS) is 10.6. The highest BCUT2D eigenvalue weighted by Crippen LogP contribution is 2.27. The average Bonchev–Trinajstić information content (AvgIpc) is 2.63. The van der Waals surface area contributed by atoms with Gasteiger partial charge in [0.1, 0.15) is 11.5 Å². The number of thioether (sulfide) groups is 2. The third-order valence-corrected chi connectivity index (χ3v) is 5.25. The van der Waals surface area contributed by atoms with Crippen molar-refractivity contribution >= 4 is 40.2 Å². The van der Waals surface area contributed by atoms with Crippen LogP contribution in [0.1, 0.15) is 16.1 Å². The second kappa shape index (κ2) is 8.47. The standard InChI is InChI=1S/C18H12ClFN2OS2/c19-15-10-21-18(24-11-12-6-8-13(20)9-7-12)22-16(15)17(23)25-14-4-2-1-3-5-14/h1-10H,11H2. The van der Waals surface area contributed by atoms with E-state index in [1.54, 1.807) is 12.1 Å². The fourth-order valence-corrected chi connectivity index (χ4v) is 3.70. The molecule has 0 radical (unpaired) electrons. The summed E-state index contributed by atoms with van der Waals surface area (Å²) in [6.45, 7) is 0. The number of rotatable bonds is 5. The van der Waals surface area contributed by atoms with Crippen LogP contribution in [0.25, 0.3) is 0 Å². The molecule has 0 bridgehead atoms. The monoisotopic (exact) mass is 390 g/mol. The van der Waals surface area contributed by atoms with Crippen LogP contribution < -0.4 is 0 Å². The zero-order valence-electron chi connectivity index (χ0n) is 12.9. The molecule has 3 rings (SSSR count). The van der Waals surface area contributed by atoms with Crippen LogP contribution in [0.4, 0.5) is 4.39 Å². The number of carbonyl (C=O) groups is 1. The molecule has 1 heterocycles. The molecule has 126 valence electrons. The molecule has 0 aliphatic heterocycles. The van der Waals surface area contributed by atoms with Gasteiger partial charge in [-0.15, -0.1) is 0 Å². The summed E-state index contributed by atoms with van der Waals surface area (Å²) in [5.41, 5.74) is 1.13. The van der Waals surface area contributed by atoms with Crippen molar-refractivity contribution in [3.05, 3.63) is 82.9 Å². The summed E-state index contributed by atoms with van der Waals surface area (Å²) < 4.78 is 12.9. The van der Waals surface area contributed by atoms with E-state index in [-0.39, 0.29) is 21.6 Å². The van der Waals surface area contributed by atoms with Crippen LogP contribution in [0.15, 0.2) is 70.8 Å². The van der Waals surface area contributed by atoms with Gasteiger partial charge in [-0.3, -0.25) is 4.79 Å². The summed E-state index contributed by atoms with van der Waals surface area (Å²) in [7, 11) is 0. The SMILES string of the molecule is O=C(Sc1ccccc1)c1nc(SCc2ccc(F)cc2)ncc1Cl. The average molecular weight is 391 g/mol. The van der Waals surface area contributed by atoms with Crippen molar-refractivity contribution in [2.45, 2.75) is 15.8 Å². The second-order valence-corrected chi connectivity index (χ2v) is 7.36. The van der Waals surface area contributed by atoms with E-state index < -0.39 is 0 Å². The third-order valence-electron chi connectivity index (χ3n) is 3.15. The number of hydrogen-bond donors (Lipinski definition) is 0. The number of hydrogen-bond acceptors (Lipinski definition) is 5. The van der Waals surface area contributed by atoms with Crippen LogP contribution in [0.5, 0.6) is 0 Å². The minimum absolute atomic E-state index is 0.187. The smallest absolute Gasteiger partial charge is 0.244 e. The molecular formula is C18H12ClFN2OS2. The van der Waals surface area contributed by atoms with E-state index in [9.17, 15) is 9.18 Å². The zero-order chi connectivity index (χ0) is 17.6. The lowest BCUT2D eigenvalue weighted by Crippen LogP contribution is -2.01. The topological polar surface area (TPSA) is 42.9 Å². The second-order valence-electron chi connectivity index (χ2n) is 4.97. The van der Waals surface area contributed by atoms with Crippen LogP contribution in [0.3, 0.4) is 0 Å². The van der Waals surface area contributed by atoms with E-state index in [0.29, 0.717) is 10.9 Å². The molecule has 0 spiro atoms. The van der Waals surface area contributed by atoms with E-state index >= 15 is 0 Å². The lowest BCUT2D eigenvalue weighted by atomic mass is 10.2. The Hall–Kier alpha value is -1.89. The van der Waals surface area contributed by atoms with Crippen molar-refractivity contribution in [2.75, 3.05) is 0 Å². The van der Waals surface area contributed by atoms with Gasteiger partial charge in [-0.25, -0.2) is 14.4 Å². The zero-order valence-corrected chi connectivity index (χ0v) is 15.2. The Morgan fingerprint density at radius 1 is 1.08 bits per heavy atom. The van der Waals surface area contributed by atoms with Crippen LogP contribution in [-0.2, 0) is 5.75 Å². The van der Waals surface area contributed by atoms with E-state index in [1.807, 2.05) is 30.3 Å². The fourth-order valence-electron chi connectivity index (χ4n) is 1.94. The number of carbonyl (C=O) groups excluding carboxylic acids is 1. The van der Waals surface area contributed by atoms with Gasteiger partial charge in [0.2, 0.25) is 5.12 Å². The summed E-state index contributed by atoms with van der Waals surface area (Å²) in [6.07, 6.45) is 1.43. The van der Waals surface area contributed by atoms with Gasteiger partial charge >= 0.3 is 0 Å². The van der Waals surface area contributed by atoms with Crippen molar-refractivity contribution < 1.29 is 9.18 Å². The van der Waals surface area contributed by atoms with Gasteiger partial charge in [-0.2, -0.15) is 0 Å². The van der Waals surface area contributed by atoms with Crippen molar-refractivity contribution in [2.24, 2.45) is 0 Å². The summed E-state index contributed by atoms with van der Waals surface area (Å²) in [5, 5.41) is 0.438. The van der Waals surface area contributed by atoms with Crippen LogP contribution in [-0.4, -0.2) is 15.1 Å². The quantitative estimate of drug-likeness (QED) is 0.425. The fraction of sp³-hybridized carbons (Fsp3) is 0.0556. The van der Waals surface area contributed by atoms with Gasteiger partial charge in [0.25, 0.3) is 0 Å². The van der Waals surface area contributed by atoms with Gasteiger partial charge in [-0.05, 0) is 41.6 Å². The van der Waals surface area contributed by atoms with Crippen molar-refractivity contribution in [1.82, 2.24) is 9.97 Å². The maximum Gasteiger partial charge on any atom is 0.244 e. The van der Waals surface area contributed by atoms with Crippen molar-refractivity contribution in [1.29, 1.82) is 0 Å². The first-order valence-electron chi connectivity index (χ1n) is 7.29. The van der Waals surface area contributed by atoms with Crippen molar-refractivity contribution in [3.63, 3.8) is 0 Å². The molecule has 0 atom stereocenters. The molecule has 25 heavy (non-hydrogen) atoms. The molecule has 3 nitrogen and oxygen atoms in total. The molecule has 7 heteroatoms. The minimum Gasteiger partial charge on any atom is -0.279 e. The molecule has 2 aromatic carbocycles. The first-order valence-corrected chi connectivity index (χ1v) is 9.47. The Bertz CT molecular complexity index is 876. The molecule has 3 aromatic rings. The number of aromatic nitrogens is 2. The van der Waals surface area contributed by atoms with E-state index in [2.05, 4.69) is 9.97 Å². The first kappa shape index (κ1) is 17.9. The Morgan fingerprint density at radius 3 is 2.52 bits per heavy atom. The lowest BCUT2D eigenvalue weighted by molar-refractivity contribution is 0.108. The third kappa shape index (κ3) is 5.04. The summed E-state index contributed by atoms with van der Waals surface area (Å²) in [5.74, 6) is 0.295. The molecule has 0 N–H and O–H groups in total. The molecule has 1 aromatic heterocycles. The number of nitrogens with zero attached hydrogens (tertiary/aromatic N) is 2. The number of halogens is 2. The van der Waals surface area contributed by atoms with E-state index in [4.69, 9.17) is 11.6 Å². The summed E-state index contributed by atoms with van der Waals surface area (Å²) >= 11 is 8.51. The molecule has 0 aliphatic carbocycles. The van der Waals surface area contributed by atoms with Crippen LogP contribution in [0, 0.1) is 5.82 Å². The van der Waals surface area contributed by atoms with Crippen molar-refractivity contribution in [3.8, 4) is 0 Å². The predicted octanol–water partition coefficient (Wildman–Crippen LogP) is 5.49. The highest BCUT2D eigenvalue weighted by Gasteiger charge is 2.16. The largest absolute Gasteiger partial charge is 0.279 e. The lowest BCUT2D eigenvalue weighted by Gasteiger charge is -2.05. The molecule has 0 fully saturated rings. The van der Waals surface area contributed by atoms with Crippen LogP contribution in [0.2, 0.25) is 5.02 Å².